The first-order chi connectivity index (χ1) is 12.5. The maximum Gasteiger partial charge on any atom is 0.338 e. The monoisotopic (exact) mass is 363 g/mol. The molecule has 0 aliphatic carbocycles. The van der Waals surface area contributed by atoms with E-state index in [0.29, 0.717) is 11.3 Å². The lowest BCUT2D eigenvalue weighted by Crippen LogP contribution is -2.42. The number of carbonyl (C=O) groups excluding carboxylic acids is 3. The number of hydrogen-bond acceptors (Lipinski definition) is 7. The van der Waals surface area contributed by atoms with Crippen LogP contribution in [0.1, 0.15) is 31.1 Å². The summed E-state index contributed by atoms with van der Waals surface area (Å²) in [5.74, 6) is -2.52. The van der Waals surface area contributed by atoms with Gasteiger partial charge in [-0.05, 0) is 45.0 Å². The van der Waals surface area contributed by atoms with Crippen LogP contribution >= 0.6 is 0 Å². The molecule has 0 saturated heterocycles. The lowest BCUT2D eigenvalue weighted by Gasteiger charge is -2.23. The smallest absolute Gasteiger partial charge is 0.338 e. The average molecular weight is 363 g/mol. The molecule has 0 bridgehead atoms. The number of carbonyl (C=O) groups is 3. The van der Waals surface area contributed by atoms with Gasteiger partial charge in [0, 0.05) is 5.69 Å². The van der Waals surface area contributed by atoms with Crippen LogP contribution in [0.25, 0.3) is 0 Å². The van der Waals surface area contributed by atoms with Crippen molar-refractivity contribution in [2.24, 2.45) is 5.92 Å². The predicted octanol–water partition coefficient (Wildman–Crippen LogP) is 2.57. The molecule has 142 valence electrons. The second-order valence-corrected chi connectivity index (χ2v) is 5.19. The van der Waals surface area contributed by atoms with Gasteiger partial charge in [-0.15, -0.1) is 6.58 Å². The predicted molar refractivity (Wildman–Crippen MR) is 96.8 cm³/mol. The van der Waals surface area contributed by atoms with Gasteiger partial charge >= 0.3 is 17.9 Å². The van der Waals surface area contributed by atoms with Crippen LogP contribution in [0.4, 0.5) is 5.69 Å². The maximum atomic E-state index is 12.3. The Labute approximate surface area is 153 Å². The Kier molecular flexibility index (Phi) is 8.91. The van der Waals surface area contributed by atoms with Crippen LogP contribution in [0.15, 0.2) is 36.9 Å². The molecule has 0 aliphatic heterocycles. The number of hydrogen-bond donors (Lipinski definition) is 1. The first-order valence-electron chi connectivity index (χ1n) is 8.47. The van der Waals surface area contributed by atoms with E-state index in [1.165, 1.54) is 6.08 Å². The van der Waals surface area contributed by atoms with Crippen molar-refractivity contribution in [2.75, 3.05) is 25.1 Å². The molecule has 1 aromatic rings. The van der Waals surface area contributed by atoms with E-state index in [9.17, 15) is 14.4 Å². The highest BCUT2D eigenvalue weighted by molar-refractivity contribution is 5.90. The highest BCUT2D eigenvalue weighted by Gasteiger charge is 2.34. The van der Waals surface area contributed by atoms with Crippen molar-refractivity contribution in [3.63, 3.8) is 0 Å². The molecule has 2 atom stereocenters. The summed E-state index contributed by atoms with van der Waals surface area (Å²) in [6, 6.07) is 5.36. The highest BCUT2D eigenvalue weighted by Crippen LogP contribution is 2.18. The van der Waals surface area contributed by atoms with Crippen LogP contribution in [0.5, 0.6) is 0 Å². The van der Waals surface area contributed by atoms with Crippen LogP contribution in [0, 0.1) is 5.92 Å². The van der Waals surface area contributed by atoms with E-state index in [1.54, 1.807) is 45.0 Å². The van der Waals surface area contributed by atoms with Gasteiger partial charge in [0.25, 0.3) is 0 Å². The Morgan fingerprint density at radius 1 is 0.962 bits per heavy atom. The molecule has 7 nitrogen and oxygen atoms in total. The van der Waals surface area contributed by atoms with Crippen molar-refractivity contribution < 1.29 is 28.6 Å². The third-order valence-electron chi connectivity index (χ3n) is 3.43. The Morgan fingerprint density at radius 2 is 1.50 bits per heavy atom. The molecule has 1 aromatic carbocycles. The van der Waals surface area contributed by atoms with Crippen molar-refractivity contribution >= 4 is 23.6 Å². The molecule has 1 N–H and O–H groups in total. The Bertz CT molecular complexity index is 625. The number of ether oxygens (including phenoxy) is 3. The maximum absolute atomic E-state index is 12.3. The van der Waals surface area contributed by atoms with Gasteiger partial charge < -0.3 is 19.5 Å². The van der Waals surface area contributed by atoms with E-state index in [1.807, 2.05) is 0 Å². The Morgan fingerprint density at radius 3 is 2.00 bits per heavy atom. The van der Waals surface area contributed by atoms with Gasteiger partial charge in [-0.3, -0.25) is 4.79 Å². The topological polar surface area (TPSA) is 90.9 Å². The summed E-state index contributed by atoms with van der Waals surface area (Å²) in [6.45, 7) is 9.34. The summed E-state index contributed by atoms with van der Waals surface area (Å²) in [5.41, 5.74) is 0.919. The van der Waals surface area contributed by atoms with Crippen molar-refractivity contribution in [2.45, 2.75) is 26.8 Å². The quantitative estimate of drug-likeness (QED) is 0.388. The molecule has 0 fully saturated rings. The first kappa shape index (κ1) is 21.2. The Hall–Kier alpha value is -2.83. The van der Waals surface area contributed by atoms with Crippen LogP contribution in [-0.4, -0.2) is 43.8 Å². The zero-order valence-corrected chi connectivity index (χ0v) is 15.3. The molecule has 0 heterocycles. The minimum Gasteiger partial charge on any atom is -0.465 e. The third-order valence-corrected chi connectivity index (χ3v) is 3.43. The van der Waals surface area contributed by atoms with Crippen LogP contribution in [0.3, 0.4) is 0 Å². The van der Waals surface area contributed by atoms with E-state index in [0.717, 1.165) is 0 Å². The fraction of sp³-hybridized carbons (Fsp3) is 0.421. The van der Waals surface area contributed by atoms with Crippen LogP contribution in [0.2, 0.25) is 0 Å². The van der Waals surface area contributed by atoms with Crippen molar-refractivity contribution in [3.8, 4) is 0 Å². The highest BCUT2D eigenvalue weighted by atomic mass is 16.5. The summed E-state index contributed by atoms with van der Waals surface area (Å²) in [4.78, 5) is 36.1. The van der Waals surface area contributed by atoms with Crippen molar-refractivity contribution in [1.29, 1.82) is 0 Å². The van der Waals surface area contributed by atoms with Gasteiger partial charge in [0.2, 0.25) is 0 Å². The standard InChI is InChI=1S/C19H25NO6/c1-5-15(18(22)25-7-3)16(19(23)26-8-4)20-14-11-9-13(10-12-14)17(21)24-6-2/h5,9-12,15-16,20H,1,6-8H2,2-4H3/t15-,16+/m1/s1. The van der Waals surface area contributed by atoms with Gasteiger partial charge in [-0.25, -0.2) is 9.59 Å². The molecule has 26 heavy (non-hydrogen) atoms. The fourth-order valence-electron chi connectivity index (χ4n) is 2.23. The fourth-order valence-corrected chi connectivity index (χ4v) is 2.23. The van der Waals surface area contributed by atoms with E-state index in [4.69, 9.17) is 14.2 Å². The van der Waals surface area contributed by atoms with Gasteiger partial charge in [0.05, 0.1) is 25.4 Å². The minimum atomic E-state index is -1.00. The second-order valence-electron chi connectivity index (χ2n) is 5.19. The lowest BCUT2D eigenvalue weighted by atomic mass is 9.99. The molecule has 0 aromatic heterocycles. The molecular weight excluding hydrogens is 338 g/mol. The van der Waals surface area contributed by atoms with E-state index in [2.05, 4.69) is 11.9 Å². The van der Waals surface area contributed by atoms with Gasteiger partial charge in [-0.1, -0.05) is 6.08 Å². The minimum absolute atomic E-state index is 0.172. The first-order valence-corrected chi connectivity index (χ1v) is 8.47. The molecule has 1 rings (SSSR count). The molecule has 0 radical (unpaired) electrons. The van der Waals surface area contributed by atoms with Crippen LogP contribution < -0.4 is 5.32 Å². The normalized spacial score (nSPS) is 12.4. The second kappa shape index (κ2) is 10.9. The average Bonchev–Trinajstić information content (AvgIpc) is 2.62. The number of nitrogens with one attached hydrogen (secondary N) is 1. The van der Waals surface area contributed by atoms with Crippen molar-refractivity contribution in [3.05, 3.63) is 42.5 Å². The summed E-state index contributed by atoms with van der Waals surface area (Å²) >= 11 is 0. The summed E-state index contributed by atoms with van der Waals surface area (Å²) in [7, 11) is 0. The largest absolute Gasteiger partial charge is 0.465 e. The molecule has 0 spiro atoms. The zero-order chi connectivity index (χ0) is 19.5. The SMILES string of the molecule is C=C[C@@H](C(=O)OCC)[C@H](Nc1ccc(C(=O)OCC)cc1)C(=O)OCC. The molecule has 0 aliphatic rings. The number of anilines is 1. The molecular formula is C19H25NO6. The van der Waals surface area contributed by atoms with Crippen molar-refractivity contribution in [1.82, 2.24) is 0 Å². The van der Waals surface area contributed by atoms with E-state index < -0.39 is 29.9 Å². The summed E-state index contributed by atoms with van der Waals surface area (Å²) < 4.78 is 15.0. The van der Waals surface area contributed by atoms with E-state index in [-0.39, 0.29) is 19.8 Å². The lowest BCUT2D eigenvalue weighted by molar-refractivity contribution is -0.153. The van der Waals surface area contributed by atoms with Gasteiger partial charge in [-0.2, -0.15) is 0 Å². The summed E-state index contributed by atoms with van der Waals surface area (Å²) in [6.07, 6.45) is 1.35. The van der Waals surface area contributed by atoms with Gasteiger partial charge in [0.15, 0.2) is 0 Å². The molecule has 7 heteroatoms. The molecule has 0 saturated carbocycles. The zero-order valence-electron chi connectivity index (χ0n) is 15.3. The molecule has 0 unspecified atom stereocenters. The number of benzene rings is 1. The third kappa shape index (κ3) is 5.91. The van der Waals surface area contributed by atoms with Crippen LogP contribution in [-0.2, 0) is 23.8 Å². The van der Waals surface area contributed by atoms with E-state index >= 15 is 0 Å². The number of rotatable bonds is 10. The summed E-state index contributed by atoms with van der Waals surface area (Å²) in [5, 5.41) is 2.95. The number of esters is 3. The van der Waals surface area contributed by atoms with Gasteiger partial charge in [0.1, 0.15) is 12.0 Å². The Balaban J connectivity index is 3.01. The molecule has 0 amide bonds.